The molecule has 3 aliphatic heterocycles. The van der Waals surface area contributed by atoms with Gasteiger partial charge in [-0.15, -0.1) is 0 Å². The van der Waals surface area contributed by atoms with Crippen LogP contribution >= 0.6 is 0 Å². The first-order valence-electron chi connectivity index (χ1n) is 14.4. The minimum Gasteiger partial charge on any atom is -0.443 e. The number of amides is 1. The van der Waals surface area contributed by atoms with Gasteiger partial charge in [-0.1, -0.05) is 44.2 Å². The Kier molecular flexibility index (Phi) is 9.48. The lowest BCUT2D eigenvalue weighted by atomic mass is 10.0. The number of sulfonamides is 1. The van der Waals surface area contributed by atoms with E-state index in [1.54, 1.807) is 25.2 Å². The highest BCUT2D eigenvalue weighted by molar-refractivity contribution is 7.89. The Morgan fingerprint density at radius 1 is 1.19 bits per heavy atom. The molecular formula is C30H40N4O7S. The number of aliphatic hydroxyl groups excluding tert-OH is 1. The number of aliphatic imine (C=N–C) groups is 1. The smallest absolute Gasteiger partial charge is 0.407 e. The average Bonchev–Trinajstić information content (AvgIpc) is 3.69. The van der Waals surface area contributed by atoms with Crippen molar-refractivity contribution in [2.24, 2.45) is 16.8 Å². The van der Waals surface area contributed by atoms with Crippen LogP contribution in [0.25, 0.3) is 0 Å². The second-order valence-electron chi connectivity index (χ2n) is 11.5. The summed E-state index contributed by atoms with van der Waals surface area (Å²) >= 11 is 0. The van der Waals surface area contributed by atoms with Crippen LogP contribution in [0.5, 0.6) is 0 Å². The largest absolute Gasteiger partial charge is 0.443 e. The normalized spacial score (nSPS) is 24.0. The van der Waals surface area contributed by atoms with Crippen LogP contribution < -0.4 is 10.6 Å². The Morgan fingerprint density at radius 3 is 2.71 bits per heavy atom. The minimum atomic E-state index is -3.97. The molecule has 12 heteroatoms. The number of fused-ring (bicyclic) bond motifs is 2. The van der Waals surface area contributed by atoms with Gasteiger partial charge in [0, 0.05) is 32.2 Å². The Labute approximate surface area is 247 Å². The van der Waals surface area contributed by atoms with Gasteiger partial charge in [-0.2, -0.15) is 4.31 Å². The second-order valence-corrected chi connectivity index (χ2v) is 13.4. The van der Waals surface area contributed by atoms with E-state index < -0.39 is 34.4 Å². The number of benzene rings is 2. The molecule has 1 amide bonds. The zero-order valence-corrected chi connectivity index (χ0v) is 25.0. The van der Waals surface area contributed by atoms with Gasteiger partial charge in [0.1, 0.15) is 11.9 Å². The summed E-state index contributed by atoms with van der Waals surface area (Å²) in [4.78, 5) is 17.4. The van der Waals surface area contributed by atoms with Crippen molar-refractivity contribution in [3.8, 4) is 0 Å². The molecule has 0 spiro atoms. The Morgan fingerprint density at radius 2 is 1.98 bits per heavy atom. The summed E-state index contributed by atoms with van der Waals surface area (Å²) in [6, 6.07) is 13.6. The lowest BCUT2D eigenvalue weighted by Gasteiger charge is -2.31. The van der Waals surface area contributed by atoms with Crippen LogP contribution in [0.4, 0.5) is 10.5 Å². The molecule has 5 rings (SSSR count). The van der Waals surface area contributed by atoms with Gasteiger partial charge in [0.05, 0.1) is 36.2 Å². The number of ether oxygens (including phenoxy) is 3. The number of rotatable bonds is 11. The molecule has 0 aliphatic carbocycles. The number of hydrogen-bond acceptors (Lipinski definition) is 8. The standard InChI is InChI=1S/C30H40N4O7S/c1-19(2)16-34(42(37,38)22-9-10-24-21(14-22)15-28(31-3)32-24)17-26(35)25(13-20-7-5-4-6-8-20)33-30(36)41-27-18-40-29-23(27)11-12-39-29/h4-10,14,19,23,25-27,29,35H,11-13,15-18H2,1-3H3,(H,31,32)(H,33,36)/t23-,25-,26+,27?,29+/m0/s1. The highest BCUT2D eigenvalue weighted by Gasteiger charge is 2.44. The first-order valence-corrected chi connectivity index (χ1v) is 15.9. The van der Waals surface area contributed by atoms with Crippen LogP contribution in [-0.2, 0) is 37.1 Å². The first-order chi connectivity index (χ1) is 20.1. The lowest BCUT2D eigenvalue weighted by Crippen LogP contribution is -2.51. The molecule has 3 N–H and O–H groups in total. The number of aliphatic hydroxyl groups is 1. The number of nitrogens with one attached hydrogen (secondary N) is 2. The van der Waals surface area contributed by atoms with Crippen LogP contribution in [-0.4, -0.2) is 87.6 Å². The van der Waals surface area contributed by atoms with Crippen LogP contribution in [0.1, 0.15) is 31.4 Å². The second kappa shape index (κ2) is 13.1. The van der Waals surface area contributed by atoms with Crippen molar-refractivity contribution in [1.82, 2.24) is 9.62 Å². The third-order valence-corrected chi connectivity index (χ3v) is 9.72. The third kappa shape index (κ3) is 6.95. The average molecular weight is 601 g/mol. The molecule has 3 heterocycles. The van der Waals surface area contributed by atoms with Crippen molar-refractivity contribution in [3.05, 3.63) is 59.7 Å². The number of amidine groups is 1. The topological polar surface area (TPSA) is 139 Å². The summed E-state index contributed by atoms with van der Waals surface area (Å²) in [6.07, 6.45) is -1.17. The minimum absolute atomic E-state index is 0.00339. The van der Waals surface area contributed by atoms with Gasteiger partial charge in [0.15, 0.2) is 6.29 Å². The molecule has 228 valence electrons. The zero-order valence-electron chi connectivity index (χ0n) is 24.2. The van der Waals surface area contributed by atoms with Gasteiger partial charge in [0.2, 0.25) is 10.0 Å². The van der Waals surface area contributed by atoms with Gasteiger partial charge in [0.25, 0.3) is 0 Å². The van der Waals surface area contributed by atoms with Gasteiger partial charge in [-0.3, -0.25) is 4.99 Å². The summed E-state index contributed by atoms with van der Waals surface area (Å²) in [5, 5.41) is 17.5. The molecule has 2 fully saturated rings. The maximum absolute atomic E-state index is 13.9. The van der Waals surface area contributed by atoms with Gasteiger partial charge >= 0.3 is 6.09 Å². The van der Waals surface area contributed by atoms with E-state index in [1.165, 1.54) is 4.31 Å². The van der Waals surface area contributed by atoms with E-state index in [9.17, 15) is 18.3 Å². The van der Waals surface area contributed by atoms with Crippen LogP contribution in [0.3, 0.4) is 0 Å². The summed E-state index contributed by atoms with van der Waals surface area (Å²) in [5.74, 6) is 0.745. The maximum atomic E-state index is 13.9. The van der Waals surface area contributed by atoms with E-state index >= 15 is 0 Å². The summed E-state index contributed by atoms with van der Waals surface area (Å²) < 4.78 is 45.9. The van der Waals surface area contributed by atoms with Crippen molar-refractivity contribution >= 4 is 27.6 Å². The monoisotopic (exact) mass is 600 g/mol. The Hall–Kier alpha value is -3.03. The van der Waals surface area contributed by atoms with Crippen molar-refractivity contribution < 1.29 is 32.5 Å². The van der Waals surface area contributed by atoms with Gasteiger partial charge in [-0.05, 0) is 48.1 Å². The van der Waals surface area contributed by atoms with E-state index in [-0.39, 0.29) is 49.1 Å². The number of hydrogen-bond donors (Lipinski definition) is 3. The number of carbonyl (C=O) groups excluding carboxylic acids is 1. The molecule has 0 saturated carbocycles. The molecule has 3 aliphatic rings. The zero-order chi connectivity index (χ0) is 29.9. The van der Waals surface area contributed by atoms with Crippen LogP contribution in [0, 0.1) is 11.8 Å². The fraction of sp³-hybridized carbons (Fsp3) is 0.533. The molecule has 0 bridgehead atoms. The number of alkyl carbamates (subject to hydrolysis) is 1. The number of anilines is 1. The summed E-state index contributed by atoms with van der Waals surface area (Å²) in [7, 11) is -2.28. The number of nitrogens with zero attached hydrogens (tertiary/aromatic N) is 2. The van der Waals surface area contributed by atoms with E-state index in [4.69, 9.17) is 14.2 Å². The quantitative estimate of drug-likeness (QED) is 0.358. The predicted octanol–water partition coefficient (Wildman–Crippen LogP) is 2.79. The van der Waals surface area contributed by atoms with E-state index in [0.29, 0.717) is 13.0 Å². The predicted molar refractivity (Wildman–Crippen MR) is 158 cm³/mol. The van der Waals surface area contributed by atoms with Crippen LogP contribution in [0.2, 0.25) is 0 Å². The molecule has 2 aromatic rings. The molecule has 0 aromatic heterocycles. The molecule has 2 aromatic carbocycles. The van der Waals surface area contributed by atoms with Gasteiger partial charge < -0.3 is 30.0 Å². The van der Waals surface area contributed by atoms with E-state index in [1.807, 2.05) is 44.2 Å². The molecule has 0 radical (unpaired) electrons. The van der Waals surface area contributed by atoms with E-state index in [0.717, 1.165) is 29.1 Å². The fourth-order valence-electron chi connectivity index (χ4n) is 5.70. The molecule has 2 saturated heterocycles. The Balaban J connectivity index is 1.34. The number of carbonyl (C=O) groups is 1. The Bertz CT molecular complexity index is 1390. The van der Waals surface area contributed by atoms with Crippen molar-refractivity contribution in [2.45, 2.75) is 62.5 Å². The summed E-state index contributed by atoms with van der Waals surface area (Å²) in [5.41, 5.74) is 2.56. The lowest BCUT2D eigenvalue weighted by molar-refractivity contribution is -0.0907. The van der Waals surface area contributed by atoms with Crippen molar-refractivity contribution in [1.29, 1.82) is 0 Å². The van der Waals surface area contributed by atoms with Crippen molar-refractivity contribution in [3.63, 3.8) is 0 Å². The highest BCUT2D eigenvalue weighted by Crippen LogP contribution is 2.33. The molecule has 1 unspecified atom stereocenters. The molecule has 11 nitrogen and oxygen atoms in total. The highest BCUT2D eigenvalue weighted by atomic mass is 32.2. The van der Waals surface area contributed by atoms with Crippen molar-refractivity contribution in [2.75, 3.05) is 38.7 Å². The van der Waals surface area contributed by atoms with Crippen LogP contribution in [0.15, 0.2) is 58.4 Å². The molecule has 5 atom stereocenters. The summed E-state index contributed by atoms with van der Waals surface area (Å²) in [6.45, 7) is 4.64. The first kappa shape index (κ1) is 30.4. The van der Waals surface area contributed by atoms with E-state index in [2.05, 4.69) is 15.6 Å². The van der Waals surface area contributed by atoms with Gasteiger partial charge in [-0.25, -0.2) is 13.2 Å². The molecular weight excluding hydrogens is 560 g/mol. The SMILES string of the molecule is CN=C1Cc2cc(S(=O)(=O)N(CC(C)C)C[C@@H](O)[C@H](Cc3ccccc3)NC(=O)OC3CO[C@H]4OCC[C@@H]34)ccc2N1. The molecule has 42 heavy (non-hydrogen) atoms. The fourth-order valence-corrected chi connectivity index (χ4v) is 7.37. The maximum Gasteiger partial charge on any atom is 0.407 e. The third-order valence-electron chi connectivity index (χ3n) is 7.89.